The van der Waals surface area contributed by atoms with Crippen LogP contribution in [0, 0.1) is 0 Å². The van der Waals surface area contributed by atoms with Crippen LogP contribution < -0.4 is 5.32 Å². The van der Waals surface area contributed by atoms with Crippen molar-refractivity contribution in [3.8, 4) is 11.3 Å². The zero-order chi connectivity index (χ0) is 13.9. The highest BCUT2D eigenvalue weighted by molar-refractivity contribution is 5.92. The first kappa shape index (κ1) is 15.5. The van der Waals surface area contributed by atoms with Gasteiger partial charge < -0.3 is 14.7 Å². The normalized spacial score (nSPS) is 18.1. The van der Waals surface area contributed by atoms with E-state index in [-0.39, 0.29) is 24.4 Å². The van der Waals surface area contributed by atoms with Crippen molar-refractivity contribution in [2.24, 2.45) is 0 Å². The van der Waals surface area contributed by atoms with Crippen LogP contribution in [0.15, 0.2) is 40.9 Å². The van der Waals surface area contributed by atoms with Crippen molar-refractivity contribution in [1.29, 1.82) is 0 Å². The Hall–Kier alpha value is -1.85. The van der Waals surface area contributed by atoms with Crippen molar-refractivity contribution in [2.45, 2.75) is 13.0 Å². The maximum atomic E-state index is 12.4. The van der Waals surface area contributed by atoms with E-state index in [1.165, 1.54) is 0 Å². The Morgan fingerprint density at radius 1 is 1.38 bits per heavy atom. The van der Waals surface area contributed by atoms with Crippen LogP contribution >= 0.6 is 12.4 Å². The fourth-order valence-corrected chi connectivity index (χ4v) is 2.41. The van der Waals surface area contributed by atoms with Gasteiger partial charge in [-0.15, -0.1) is 12.4 Å². The molecule has 1 aromatic heterocycles. The van der Waals surface area contributed by atoms with Gasteiger partial charge in [-0.1, -0.05) is 35.5 Å². The maximum absolute atomic E-state index is 12.4. The van der Waals surface area contributed by atoms with Gasteiger partial charge in [0.05, 0.1) is 0 Å². The van der Waals surface area contributed by atoms with Crippen molar-refractivity contribution in [2.75, 3.05) is 19.6 Å². The molecule has 0 saturated carbocycles. The molecule has 1 aromatic carbocycles. The second-order valence-electron chi connectivity index (χ2n) is 4.99. The first-order chi connectivity index (χ1) is 9.75. The lowest BCUT2D eigenvalue weighted by Gasteiger charge is -2.33. The van der Waals surface area contributed by atoms with E-state index in [9.17, 15) is 4.79 Å². The SMILES string of the molecule is C[C@H]1CNCCN1C(=O)c1cc(-c2ccccc2)no1.Cl. The fraction of sp³-hybridized carbons (Fsp3) is 0.333. The number of aromatic nitrogens is 1. The number of piperazine rings is 1. The van der Waals surface area contributed by atoms with Crippen molar-refractivity contribution in [3.63, 3.8) is 0 Å². The van der Waals surface area contributed by atoms with Crippen LogP contribution in [0.4, 0.5) is 0 Å². The van der Waals surface area contributed by atoms with E-state index >= 15 is 0 Å². The molecule has 2 aromatic rings. The number of nitrogens with one attached hydrogen (secondary N) is 1. The number of hydrogen-bond acceptors (Lipinski definition) is 4. The molecule has 1 aliphatic heterocycles. The summed E-state index contributed by atoms with van der Waals surface area (Å²) in [5.74, 6) is 0.214. The van der Waals surface area contributed by atoms with Crippen LogP contribution in [0.3, 0.4) is 0 Å². The molecule has 1 fully saturated rings. The monoisotopic (exact) mass is 307 g/mol. The van der Waals surface area contributed by atoms with Gasteiger partial charge >= 0.3 is 0 Å². The van der Waals surface area contributed by atoms with Crippen LogP contribution in [0.2, 0.25) is 0 Å². The van der Waals surface area contributed by atoms with Gasteiger partial charge in [-0.05, 0) is 6.92 Å². The van der Waals surface area contributed by atoms with Crippen LogP contribution in [0.5, 0.6) is 0 Å². The summed E-state index contributed by atoms with van der Waals surface area (Å²) in [6.07, 6.45) is 0. The molecule has 1 atom stereocenters. The summed E-state index contributed by atoms with van der Waals surface area (Å²) in [5, 5.41) is 7.25. The van der Waals surface area contributed by atoms with E-state index in [2.05, 4.69) is 10.5 Å². The van der Waals surface area contributed by atoms with Crippen LogP contribution in [0.1, 0.15) is 17.5 Å². The lowest BCUT2D eigenvalue weighted by atomic mass is 10.1. The van der Waals surface area contributed by atoms with E-state index in [1.54, 1.807) is 6.07 Å². The topological polar surface area (TPSA) is 58.4 Å². The molecule has 3 rings (SSSR count). The van der Waals surface area contributed by atoms with E-state index in [4.69, 9.17) is 4.52 Å². The van der Waals surface area contributed by atoms with Crippen LogP contribution in [-0.2, 0) is 0 Å². The van der Waals surface area contributed by atoms with Crippen LogP contribution in [-0.4, -0.2) is 41.6 Å². The van der Waals surface area contributed by atoms with Gasteiger partial charge in [0, 0.05) is 37.3 Å². The highest BCUT2D eigenvalue weighted by atomic mass is 35.5. The molecule has 0 radical (unpaired) electrons. The third-order valence-electron chi connectivity index (χ3n) is 3.55. The molecule has 1 amide bonds. The lowest BCUT2D eigenvalue weighted by Crippen LogP contribution is -2.52. The number of nitrogens with zero attached hydrogens (tertiary/aromatic N) is 2. The fourth-order valence-electron chi connectivity index (χ4n) is 2.41. The van der Waals surface area contributed by atoms with Gasteiger partial charge in [0.25, 0.3) is 5.91 Å². The Morgan fingerprint density at radius 2 is 2.14 bits per heavy atom. The number of carbonyl (C=O) groups is 1. The number of amides is 1. The van der Waals surface area contributed by atoms with E-state index in [0.29, 0.717) is 18.0 Å². The minimum atomic E-state index is -0.0892. The Kier molecular flexibility index (Phi) is 4.98. The maximum Gasteiger partial charge on any atom is 0.292 e. The molecule has 112 valence electrons. The van der Waals surface area contributed by atoms with Gasteiger partial charge in [0.15, 0.2) is 0 Å². The molecule has 1 saturated heterocycles. The Labute approximate surface area is 129 Å². The Bertz CT molecular complexity index is 600. The van der Waals surface area contributed by atoms with Crippen molar-refractivity contribution < 1.29 is 9.32 Å². The highest BCUT2D eigenvalue weighted by Gasteiger charge is 2.26. The second kappa shape index (κ2) is 6.74. The zero-order valence-corrected chi connectivity index (χ0v) is 12.6. The summed E-state index contributed by atoms with van der Waals surface area (Å²) in [6, 6.07) is 11.6. The van der Waals surface area contributed by atoms with Gasteiger partial charge in [-0.3, -0.25) is 4.79 Å². The minimum Gasteiger partial charge on any atom is -0.350 e. The number of rotatable bonds is 2. The molecule has 6 heteroatoms. The number of hydrogen-bond donors (Lipinski definition) is 1. The van der Waals surface area contributed by atoms with Crippen molar-refractivity contribution >= 4 is 18.3 Å². The molecule has 0 bridgehead atoms. The summed E-state index contributed by atoms with van der Waals surface area (Å²) in [5.41, 5.74) is 1.64. The van der Waals surface area contributed by atoms with Gasteiger partial charge in [0.1, 0.15) is 5.69 Å². The molecule has 1 aliphatic rings. The third kappa shape index (κ3) is 3.25. The minimum absolute atomic E-state index is 0. The average molecular weight is 308 g/mol. The van der Waals surface area contributed by atoms with Gasteiger partial charge in [0.2, 0.25) is 5.76 Å². The van der Waals surface area contributed by atoms with E-state index in [1.807, 2.05) is 42.2 Å². The summed E-state index contributed by atoms with van der Waals surface area (Å²) in [6.45, 7) is 4.35. The summed E-state index contributed by atoms with van der Waals surface area (Å²) < 4.78 is 5.22. The molecular formula is C15H18ClN3O2. The van der Waals surface area contributed by atoms with E-state index in [0.717, 1.165) is 18.7 Å². The molecule has 0 unspecified atom stereocenters. The number of carbonyl (C=O) groups excluding carboxylic acids is 1. The van der Waals surface area contributed by atoms with Crippen molar-refractivity contribution in [1.82, 2.24) is 15.4 Å². The standard InChI is InChI=1S/C15H17N3O2.ClH/c1-11-10-16-7-8-18(11)15(19)14-9-13(17-20-14)12-5-3-2-4-6-12;/h2-6,9,11,16H,7-8,10H2,1H3;1H/t11-;/m0./s1. The molecule has 0 spiro atoms. The average Bonchev–Trinajstić information content (AvgIpc) is 2.98. The molecule has 2 heterocycles. The summed E-state index contributed by atoms with van der Waals surface area (Å²) >= 11 is 0. The highest BCUT2D eigenvalue weighted by Crippen LogP contribution is 2.20. The first-order valence-corrected chi connectivity index (χ1v) is 6.79. The lowest BCUT2D eigenvalue weighted by molar-refractivity contribution is 0.0613. The molecule has 21 heavy (non-hydrogen) atoms. The van der Waals surface area contributed by atoms with Crippen LogP contribution in [0.25, 0.3) is 11.3 Å². The molecule has 0 aliphatic carbocycles. The smallest absolute Gasteiger partial charge is 0.292 e. The number of halogens is 1. The number of benzene rings is 1. The van der Waals surface area contributed by atoms with Gasteiger partial charge in [-0.2, -0.15) is 0 Å². The summed E-state index contributed by atoms with van der Waals surface area (Å²) in [7, 11) is 0. The van der Waals surface area contributed by atoms with Crippen molar-refractivity contribution in [3.05, 3.63) is 42.2 Å². The second-order valence-corrected chi connectivity index (χ2v) is 4.99. The quantitative estimate of drug-likeness (QED) is 0.924. The first-order valence-electron chi connectivity index (χ1n) is 6.79. The zero-order valence-electron chi connectivity index (χ0n) is 11.8. The molecule has 1 N–H and O–H groups in total. The Balaban J connectivity index is 0.00000161. The summed E-state index contributed by atoms with van der Waals surface area (Å²) in [4.78, 5) is 14.2. The van der Waals surface area contributed by atoms with Gasteiger partial charge in [-0.25, -0.2) is 0 Å². The third-order valence-corrected chi connectivity index (χ3v) is 3.55. The predicted octanol–water partition coefficient (Wildman–Crippen LogP) is 2.20. The largest absolute Gasteiger partial charge is 0.350 e. The predicted molar refractivity (Wildman–Crippen MR) is 82.6 cm³/mol. The van der Waals surface area contributed by atoms with E-state index < -0.39 is 0 Å². The molecular weight excluding hydrogens is 290 g/mol. The Morgan fingerprint density at radius 3 is 2.86 bits per heavy atom. The molecule has 5 nitrogen and oxygen atoms in total.